The molecule has 2 aromatic carbocycles. The van der Waals surface area contributed by atoms with Gasteiger partial charge in [-0.05, 0) is 71.6 Å². The fourth-order valence-electron chi connectivity index (χ4n) is 4.74. The topological polar surface area (TPSA) is 53.2 Å². The lowest BCUT2D eigenvalue weighted by Gasteiger charge is -2.22. The number of Topliss-reactive ketones (excluding diaryl/α,β-unsaturated/α-hetero) is 1. The Morgan fingerprint density at radius 2 is 1.69 bits per heavy atom. The van der Waals surface area contributed by atoms with Gasteiger partial charge in [-0.2, -0.15) is 5.26 Å². The number of allylic oxidation sites excluding steroid dienone is 2. The average molecular weight is 469 g/mol. The molecule has 184 valence electrons. The fraction of sp³-hybridized carbons (Fsp3) is 0.469. The molecule has 1 aliphatic heterocycles. The SMILES string of the molecule is CCCCCCCCC(=O)C1=NCC[C@H](c2ccc(C(C)C)cc2)CC(c2ccc(C#N)cc2)=C1. The predicted molar refractivity (Wildman–Crippen MR) is 147 cm³/mol. The van der Waals surface area contributed by atoms with Crippen LogP contribution in [0.5, 0.6) is 0 Å². The van der Waals surface area contributed by atoms with Gasteiger partial charge in [0, 0.05) is 13.0 Å². The van der Waals surface area contributed by atoms with E-state index in [4.69, 9.17) is 4.99 Å². The van der Waals surface area contributed by atoms with Crippen molar-refractivity contribution in [2.45, 2.75) is 90.4 Å². The highest BCUT2D eigenvalue weighted by Crippen LogP contribution is 2.34. The van der Waals surface area contributed by atoms with E-state index in [1.807, 2.05) is 30.3 Å². The number of carbonyl (C=O) groups excluding carboxylic acids is 1. The average Bonchev–Trinajstić information content (AvgIpc) is 2.86. The largest absolute Gasteiger partial charge is 0.292 e. The van der Waals surface area contributed by atoms with Gasteiger partial charge in [0.15, 0.2) is 5.78 Å². The zero-order valence-corrected chi connectivity index (χ0v) is 21.7. The lowest BCUT2D eigenvalue weighted by Crippen LogP contribution is -2.16. The number of rotatable bonds is 11. The molecule has 0 aromatic heterocycles. The van der Waals surface area contributed by atoms with Crippen LogP contribution in [0, 0.1) is 11.3 Å². The lowest BCUT2D eigenvalue weighted by molar-refractivity contribution is -0.113. The van der Waals surface area contributed by atoms with E-state index in [2.05, 4.69) is 51.1 Å². The minimum Gasteiger partial charge on any atom is -0.292 e. The molecule has 0 fully saturated rings. The molecule has 0 amide bonds. The first kappa shape index (κ1) is 26.6. The highest BCUT2D eigenvalue weighted by Gasteiger charge is 2.20. The molecule has 0 N–H and O–H groups in total. The minimum atomic E-state index is 0.159. The first-order valence-corrected chi connectivity index (χ1v) is 13.4. The molecular weight excluding hydrogens is 428 g/mol. The first-order valence-electron chi connectivity index (χ1n) is 13.4. The molecule has 0 spiro atoms. The molecule has 3 heteroatoms. The van der Waals surface area contributed by atoms with Crippen LogP contribution >= 0.6 is 0 Å². The number of ketones is 1. The predicted octanol–water partition coefficient (Wildman–Crippen LogP) is 8.40. The Hall–Kier alpha value is -2.99. The van der Waals surface area contributed by atoms with Crippen molar-refractivity contribution in [3.05, 3.63) is 76.9 Å². The summed E-state index contributed by atoms with van der Waals surface area (Å²) < 4.78 is 0. The van der Waals surface area contributed by atoms with E-state index >= 15 is 0 Å². The zero-order valence-electron chi connectivity index (χ0n) is 21.7. The molecule has 35 heavy (non-hydrogen) atoms. The van der Waals surface area contributed by atoms with Gasteiger partial charge in [0.1, 0.15) is 5.71 Å². The van der Waals surface area contributed by atoms with Crippen LogP contribution in [-0.4, -0.2) is 18.0 Å². The molecule has 0 radical (unpaired) electrons. The second-order valence-corrected chi connectivity index (χ2v) is 10.1. The van der Waals surface area contributed by atoms with E-state index < -0.39 is 0 Å². The Balaban J connectivity index is 1.79. The summed E-state index contributed by atoms with van der Waals surface area (Å²) in [5, 5.41) is 9.21. The molecule has 0 saturated heterocycles. The summed E-state index contributed by atoms with van der Waals surface area (Å²) in [6.07, 6.45) is 11.4. The van der Waals surface area contributed by atoms with Crippen LogP contribution in [0.15, 0.2) is 59.6 Å². The van der Waals surface area contributed by atoms with Crippen molar-refractivity contribution in [2.75, 3.05) is 6.54 Å². The maximum absolute atomic E-state index is 13.1. The lowest BCUT2D eigenvalue weighted by atomic mass is 9.84. The normalized spacial score (nSPS) is 16.1. The third-order valence-corrected chi connectivity index (χ3v) is 7.04. The number of nitriles is 1. The van der Waals surface area contributed by atoms with Crippen molar-refractivity contribution in [1.29, 1.82) is 5.26 Å². The van der Waals surface area contributed by atoms with Crippen LogP contribution in [0.3, 0.4) is 0 Å². The third kappa shape index (κ3) is 8.03. The fourth-order valence-corrected chi connectivity index (χ4v) is 4.74. The molecule has 2 aromatic rings. The first-order chi connectivity index (χ1) is 17.0. The Labute approximate surface area is 212 Å². The summed E-state index contributed by atoms with van der Waals surface area (Å²) in [5.74, 6) is 1.02. The molecule has 0 unspecified atom stereocenters. The van der Waals surface area contributed by atoms with Gasteiger partial charge in [0.05, 0.1) is 11.6 Å². The third-order valence-electron chi connectivity index (χ3n) is 7.04. The van der Waals surface area contributed by atoms with Gasteiger partial charge in [0.2, 0.25) is 0 Å². The second-order valence-electron chi connectivity index (χ2n) is 10.1. The van der Waals surface area contributed by atoms with E-state index in [-0.39, 0.29) is 5.78 Å². The molecule has 0 saturated carbocycles. The maximum Gasteiger partial charge on any atom is 0.180 e. The van der Waals surface area contributed by atoms with Crippen molar-refractivity contribution in [3.63, 3.8) is 0 Å². The number of carbonyl (C=O) groups is 1. The van der Waals surface area contributed by atoms with Crippen molar-refractivity contribution >= 4 is 17.1 Å². The van der Waals surface area contributed by atoms with Crippen molar-refractivity contribution in [1.82, 2.24) is 0 Å². The summed E-state index contributed by atoms with van der Waals surface area (Å²) in [6.45, 7) is 7.33. The molecular formula is C32H40N2O. The summed E-state index contributed by atoms with van der Waals surface area (Å²) in [6, 6.07) is 18.9. The Morgan fingerprint density at radius 1 is 1.00 bits per heavy atom. The molecule has 1 aliphatic rings. The van der Waals surface area contributed by atoms with Gasteiger partial charge >= 0.3 is 0 Å². The zero-order chi connectivity index (χ0) is 25.0. The van der Waals surface area contributed by atoms with Crippen LogP contribution in [0.25, 0.3) is 5.57 Å². The number of aliphatic imine (C=N–C) groups is 1. The molecule has 1 heterocycles. The number of hydrogen-bond acceptors (Lipinski definition) is 3. The van der Waals surface area contributed by atoms with Gasteiger partial charge in [0.25, 0.3) is 0 Å². The molecule has 0 bridgehead atoms. The maximum atomic E-state index is 13.1. The highest BCUT2D eigenvalue weighted by molar-refractivity contribution is 6.45. The van der Waals surface area contributed by atoms with Gasteiger partial charge < -0.3 is 0 Å². The monoisotopic (exact) mass is 468 g/mol. The number of nitrogens with zero attached hydrogens (tertiary/aromatic N) is 2. The molecule has 0 aliphatic carbocycles. The standard InChI is InChI=1S/C32H40N2O/c1-4-5-6-7-8-9-10-32(35)31-22-30(28-13-11-25(23-33)12-14-28)21-29(19-20-34-31)27-17-15-26(16-18-27)24(2)3/h11-18,22,24,29H,4-10,19-21H2,1-3H3/t29-/m0/s1. The van der Waals surface area contributed by atoms with Gasteiger partial charge in [-0.1, -0.05) is 89.3 Å². The summed E-state index contributed by atoms with van der Waals surface area (Å²) in [7, 11) is 0. The summed E-state index contributed by atoms with van der Waals surface area (Å²) >= 11 is 0. The van der Waals surface area contributed by atoms with Crippen LogP contribution in [-0.2, 0) is 4.79 Å². The van der Waals surface area contributed by atoms with E-state index in [9.17, 15) is 10.1 Å². The Morgan fingerprint density at radius 3 is 2.34 bits per heavy atom. The van der Waals surface area contributed by atoms with Crippen LogP contribution in [0.1, 0.15) is 113 Å². The highest BCUT2D eigenvalue weighted by atomic mass is 16.1. The Bertz CT molecular complexity index is 1050. The van der Waals surface area contributed by atoms with Gasteiger partial charge in [-0.15, -0.1) is 0 Å². The van der Waals surface area contributed by atoms with E-state index in [1.165, 1.54) is 36.8 Å². The Kier molecular flexibility index (Phi) is 10.5. The van der Waals surface area contributed by atoms with Crippen LogP contribution in [0.4, 0.5) is 0 Å². The van der Waals surface area contributed by atoms with Gasteiger partial charge in [-0.25, -0.2) is 0 Å². The smallest absolute Gasteiger partial charge is 0.180 e. The number of unbranched alkanes of at least 4 members (excludes halogenated alkanes) is 5. The van der Waals surface area contributed by atoms with Crippen molar-refractivity contribution in [3.8, 4) is 6.07 Å². The number of hydrogen-bond donors (Lipinski definition) is 0. The number of benzene rings is 2. The van der Waals surface area contributed by atoms with Gasteiger partial charge in [-0.3, -0.25) is 9.79 Å². The molecule has 1 atom stereocenters. The second kappa shape index (κ2) is 13.8. The summed E-state index contributed by atoms with van der Waals surface area (Å²) in [5.41, 5.74) is 6.13. The van der Waals surface area contributed by atoms with E-state index in [0.29, 0.717) is 36.1 Å². The van der Waals surface area contributed by atoms with E-state index in [1.54, 1.807) is 0 Å². The molecule has 3 nitrogen and oxygen atoms in total. The van der Waals surface area contributed by atoms with Crippen molar-refractivity contribution < 1.29 is 4.79 Å². The van der Waals surface area contributed by atoms with Crippen LogP contribution < -0.4 is 0 Å². The van der Waals surface area contributed by atoms with Crippen LogP contribution in [0.2, 0.25) is 0 Å². The minimum absolute atomic E-state index is 0.159. The quantitative estimate of drug-likeness (QED) is 0.311. The summed E-state index contributed by atoms with van der Waals surface area (Å²) in [4.78, 5) is 17.8. The van der Waals surface area contributed by atoms with E-state index in [0.717, 1.165) is 36.8 Å². The van der Waals surface area contributed by atoms with Crippen molar-refractivity contribution in [2.24, 2.45) is 4.99 Å². The molecule has 3 rings (SSSR count).